The molecule has 17 heavy (non-hydrogen) atoms. The Bertz CT molecular complexity index is 393. The van der Waals surface area contributed by atoms with Crippen molar-refractivity contribution in [3.63, 3.8) is 0 Å². The zero-order valence-corrected chi connectivity index (χ0v) is 11.1. The van der Waals surface area contributed by atoms with Gasteiger partial charge in [0, 0.05) is 6.54 Å². The van der Waals surface area contributed by atoms with Gasteiger partial charge in [-0.2, -0.15) is 13.2 Å². The van der Waals surface area contributed by atoms with Crippen LogP contribution in [0.5, 0.6) is 0 Å². The molecule has 0 aliphatic heterocycles. The Morgan fingerprint density at radius 3 is 2.47 bits per heavy atom. The van der Waals surface area contributed by atoms with Crippen LogP contribution in [0.3, 0.4) is 0 Å². The molecule has 0 unspecified atom stereocenters. The average Bonchev–Trinajstić information content (AvgIpc) is 2.18. The van der Waals surface area contributed by atoms with Gasteiger partial charge in [-0.1, -0.05) is 6.92 Å². The van der Waals surface area contributed by atoms with Gasteiger partial charge in [-0.25, -0.2) is 9.97 Å². The number of halogens is 4. The molecule has 0 aliphatic rings. The molecule has 0 aliphatic carbocycles. The van der Waals surface area contributed by atoms with Crippen molar-refractivity contribution in [1.29, 1.82) is 0 Å². The monoisotopic (exact) mass is 311 g/mol. The maximum atomic E-state index is 12.2. The molecule has 0 amide bonds. The van der Waals surface area contributed by atoms with Crippen molar-refractivity contribution in [3.05, 3.63) is 16.0 Å². The topological polar surface area (TPSA) is 37.8 Å². The summed E-state index contributed by atoms with van der Waals surface area (Å²) < 4.78 is 37.3. The number of anilines is 1. The molecule has 0 saturated carbocycles. The van der Waals surface area contributed by atoms with Crippen LogP contribution >= 0.6 is 15.9 Å². The Balaban J connectivity index is 2.97. The lowest BCUT2D eigenvalue weighted by Gasteiger charge is -2.11. The van der Waals surface area contributed by atoms with Crippen LogP contribution in [0.25, 0.3) is 0 Å². The van der Waals surface area contributed by atoms with Crippen molar-refractivity contribution < 1.29 is 13.2 Å². The number of aromatic nitrogens is 2. The van der Waals surface area contributed by atoms with E-state index in [0.717, 1.165) is 6.42 Å². The van der Waals surface area contributed by atoms with E-state index in [4.69, 9.17) is 0 Å². The lowest BCUT2D eigenvalue weighted by atomic mass is 10.3. The van der Waals surface area contributed by atoms with Gasteiger partial charge in [0.2, 0.25) is 0 Å². The quantitative estimate of drug-likeness (QED) is 0.925. The summed E-state index contributed by atoms with van der Waals surface area (Å²) in [6.45, 7) is 4.26. The Kier molecular flexibility index (Phi) is 4.73. The second kappa shape index (κ2) is 5.66. The highest BCUT2D eigenvalue weighted by molar-refractivity contribution is 9.10. The molecule has 96 valence electrons. The minimum Gasteiger partial charge on any atom is -0.369 e. The summed E-state index contributed by atoms with van der Waals surface area (Å²) in [7, 11) is 0. The van der Waals surface area contributed by atoms with E-state index in [1.165, 1.54) is 0 Å². The van der Waals surface area contributed by atoms with Crippen LogP contribution in [-0.2, 0) is 6.42 Å². The summed E-state index contributed by atoms with van der Waals surface area (Å²) in [6, 6.07) is 0. The van der Waals surface area contributed by atoms with E-state index in [1.807, 2.05) is 6.92 Å². The van der Waals surface area contributed by atoms with Crippen LogP contribution in [0.2, 0.25) is 0 Å². The van der Waals surface area contributed by atoms with Gasteiger partial charge in [0.1, 0.15) is 18.1 Å². The van der Waals surface area contributed by atoms with Crippen molar-refractivity contribution >= 4 is 21.7 Å². The molecule has 0 fully saturated rings. The SMILES string of the molecule is CCCNc1nc(CC(F)(F)F)nc(C)c1Br. The maximum Gasteiger partial charge on any atom is 0.396 e. The number of hydrogen-bond donors (Lipinski definition) is 1. The van der Waals surface area contributed by atoms with Gasteiger partial charge < -0.3 is 5.32 Å². The third kappa shape index (κ3) is 4.49. The summed E-state index contributed by atoms with van der Waals surface area (Å²) in [6.07, 6.45) is -4.53. The van der Waals surface area contributed by atoms with Crippen molar-refractivity contribution in [2.75, 3.05) is 11.9 Å². The Labute approximate surface area is 106 Å². The Morgan fingerprint density at radius 2 is 1.94 bits per heavy atom. The van der Waals surface area contributed by atoms with Crippen molar-refractivity contribution in [2.45, 2.75) is 32.9 Å². The first-order valence-electron chi connectivity index (χ1n) is 5.17. The normalized spacial score (nSPS) is 11.6. The molecule has 1 heterocycles. The third-order valence-corrected chi connectivity index (χ3v) is 2.91. The molecule has 1 aromatic rings. The highest BCUT2D eigenvalue weighted by atomic mass is 79.9. The molecular formula is C10H13BrF3N3. The van der Waals surface area contributed by atoms with Gasteiger partial charge in [0.25, 0.3) is 0 Å². The summed E-state index contributed by atoms with van der Waals surface area (Å²) >= 11 is 3.26. The fraction of sp³-hybridized carbons (Fsp3) is 0.600. The van der Waals surface area contributed by atoms with Gasteiger partial charge >= 0.3 is 6.18 Å². The summed E-state index contributed by atoms with van der Waals surface area (Å²) in [5, 5.41) is 2.96. The van der Waals surface area contributed by atoms with E-state index in [2.05, 4.69) is 31.2 Å². The standard InChI is InChI=1S/C10H13BrF3N3/c1-3-4-15-9-8(11)6(2)16-7(17-9)5-10(12,13)14/h3-5H2,1-2H3,(H,15,16,17). The number of hydrogen-bond acceptors (Lipinski definition) is 3. The second-order valence-corrected chi connectivity index (χ2v) is 4.40. The Morgan fingerprint density at radius 1 is 1.29 bits per heavy atom. The first-order valence-corrected chi connectivity index (χ1v) is 5.96. The van der Waals surface area contributed by atoms with Crippen LogP contribution in [0.4, 0.5) is 19.0 Å². The fourth-order valence-electron chi connectivity index (χ4n) is 1.24. The molecule has 0 aromatic carbocycles. The molecule has 0 atom stereocenters. The first kappa shape index (κ1) is 14.2. The largest absolute Gasteiger partial charge is 0.396 e. The van der Waals surface area contributed by atoms with Gasteiger partial charge in [-0.15, -0.1) is 0 Å². The molecule has 0 spiro atoms. The molecule has 1 N–H and O–H groups in total. The van der Waals surface area contributed by atoms with Crippen LogP contribution < -0.4 is 5.32 Å². The average molecular weight is 312 g/mol. The van der Waals surface area contributed by atoms with Crippen LogP contribution in [0.1, 0.15) is 24.9 Å². The first-order chi connectivity index (χ1) is 7.83. The Hall–Kier alpha value is -0.850. The predicted octanol–water partition coefficient (Wildman–Crippen LogP) is 3.47. The zero-order valence-electron chi connectivity index (χ0n) is 9.53. The molecular weight excluding hydrogens is 299 g/mol. The smallest absolute Gasteiger partial charge is 0.369 e. The van der Waals surface area contributed by atoms with E-state index in [-0.39, 0.29) is 5.82 Å². The molecule has 1 aromatic heterocycles. The van der Waals surface area contributed by atoms with Crippen molar-refractivity contribution in [2.24, 2.45) is 0 Å². The number of rotatable bonds is 4. The number of aryl methyl sites for hydroxylation is 1. The molecule has 1 rings (SSSR count). The molecule has 3 nitrogen and oxygen atoms in total. The molecule has 7 heteroatoms. The van der Waals surface area contributed by atoms with E-state index >= 15 is 0 Å². The second-order valence-electron chi connectivity index (χ2n) is 3.61. The fourth-order valence-corrected chi connectivity index (χ4v) is 1.55. The third-order valence-electron chi connectivity index (χ3n) is 1.96. The number of alkyl halides is 3. The van der Waals surface area contributed by atoms with E-state index in [9.17, 15) is 13.2 Å². The van der Waals surface area contributed by atoms with E-state index in [1.54, 1.807) is 6.92 Å². The van der Waals surface area contributed by atoms with Crippen molar-refractivity contribution in [1.82, 2.24) is 9.97 Å². The van der Waals surface area contributed by atoms with Gasteiger partial charge in [0.15, 0.2) is 0 Å². The van der Waals surface area contributed by atoms with Gasteiger partial charge in [-0.05, 0) is 29.3 Å². The lowest BCUT2D eigenvalue weighted by molar-refractivity contribution is -0.128. The lowest BCUT2D eigenvalue weighted by Crippen LogP contribution is -2.16. The van der Waals surface area contributed by atoms with Crippen LogP contribution in [-0.4, -0.2) is 22.7 Å². The molecule has 0 bridgehead atoms. The maximum absolute atomic E-state index is 12.2. The summed E-state index contributed by atoms with van der Waals surface area (Å²) in [4.78, 5) is 7.68. The van der Waals surface area contributed by atoms with Crippen LogP contribution in [0, 0.1) is 6.92 Å². The van der Waals surface area contributed by atoms with E-state index in [0.29, 0.717) is 22.5 Å². The highest BCUT2D eigenvalue weighted by Crippen LogP contribution is 2.26. The minimum absolute atomic E-state index is 0.211. The number of nitrogens with zero attached hydrogens (tertiary/aromatic N) is 2. The van der Waals surface area contributed by atoms with Crippen LogP contribution in [0.15, 0.2) is 4.47 Å². The summed E-state index contributed by atoms with van der Waals surface area (Å²) in [5.74, 6) is 0.204. The van der Waals surface area contributed by atoms with E-state index < -0.39 is 12.6 Å². The van der Waals surface area contributed by atoms with Crippen molar-refractivity contribution in [3.8, 4) is 0 Å². The minimum atomic E-state index is -4.29. The van der Waals surface area contributed by atoms with Gasteiger partial charge in [0.05, 0.1) is 10.2 Å². The summed E-state index contributed by atoms with van der Waals surface area (Å²) in [5.41, 5.74) is 0.498. The van der Waals surface area contributed by atoms with Gasteiger partial charge in [-0.3, -0.25) is 0 Å². The molecule has 0 saturated heterocycles. The zero-order chi connectivity index (χ0) is 13.1. The highest BCUT2D eigenvalue weighted by Gasteiger charge is 2.30. The molecule has 0 radical (unpaired) electrons. The predicted molar refractivity (Wildman–Crippen MR) is 63.0 cm³/mol. The number of nitrogens with one attached hydrogen (secondary N) is 1.